The lowest BCUT2D eigenvalue weighted by atomic mass is 9.96. The number of aryl methyl sites for hydroxylation is 2. The number of hydrogen-bond acceptors (Lipinski definition) is 5. The number of ether oxygens (including phenoxy) is 2. The third kappa shape index (κ3) is 6.95. The van der Waals surface area contributed by atoms with Crippen LogP contribution in [0, 0.1) is 13.8 Å². The highest BCUT2D eigenvalue weighted by atomic mass is 16.5. The molecule has 1 heterocycles. The molecule has 1 fully saturated rings. The van der Waals surface area contributed by atoms with Crippen LogP contribution < -0.4 is 15.4 Å². The molecule has 1 aromatic carbocycles. The number of guanidine groups is 1. The number of nitrogens with zero attached hydrogens (tertiary/aromatic N) is 4. The Bertz CT molecular complexity index is 858. The van der Waals surface area contributed by atoms with Crippen molar-refractivity contribution in [3.8, 4) is 5.75 Å². The van der Waals surface area contributed by atoms with Crippen LogP contribution in [0.25, 0.3) is 0 Å². The van der Waals surface area contributed by atoms with Gasteiger partial charge in [0.05, 0.1) is 19.7 Å². The fourth-order valence-electron chi connectivity index (χ4n) is 3.69. The molecule has 0 spiro atoms. The summed E-state index contributed by atoms with van der Waals surface area (Å²) in [4.78, 5) is 4.88. The van der Waals surface area contributed by atoms with E-state index in [1.807, 2.05) is 18.5 Å². The number of aromatic nitrogens is 3. The minimum atomic E-state index is 0.455. The maximum atomic E-state index is 5.93. The fourth-order valence-corrected chi connectivity index (χ4v) is 3.69. The van der Waals surface area contributed by atoms with Crippen molar-refractivity contribution in [1.82, 2.24) is 25.4 Å². The van der Waals surface area contributed by atoms with E-state index in [1.165, 1.54) is 32.1 Å². The highest BCUT2D eigenvalue weighted by Gasteiger charge is 2.16. The van der Waals surface area contributed by atoms with E-state index in [9.17, 15) is 0 Å². The van der Waals surface area contributed by atoms with Gasteiger partial charge in [0.1, 0.15) is 18.2 Å². The van der Waals surface area contributed by atoms with E-state index >= 15 is 0 Å². The molecule has 0 amide bonds. The zero-order valence-corrected chi connectivity index (χ0v) is 19.3. The van der Waals surface area contributed by atoms with Crippen LogP contribution in [0.15, 0.2) is 23.2 Å². The van der Waals surface area contributed by atoms with Crippen LogP contribution in [-0.2, 0) is 24.9 Å². The molecule has 0 aliphatic heterocycles. The second-order valence-electron chi connectivity index (χ2n) is 8.17. The molecule has 1 saturated carbocycles. The molecule has 1 aliphatic rings. The van der Waals surface area contributed by atoms with Gasteiger partial charge in [0.15, 0.2) is 11.8 Å². The molecule has 2 aromatic rings. The second kappa shape index (κ2) is 11.7. The summed E-state index contributed by atoms with van der Waals surface area (Å²) in [6.07, 6.45) is 6.22. The summed E-state index contributed by atoms with van der Waals surface area (Å²) < 4.78 is 13.0. The predicted molar refractivity (Wildman–Crippen MR) is 122 cm³/mol. The number of hydrogen-bond donors (Lipinski definition) is 2. The van der Waals surface area contributed by atoms with Crippen LogP contribution in [0.2, 0.25) is 0 Å². The van der Waals surface area contributed by atoms with Crippen LogP contribution in [0.3, 0.4) is 0 Å². The molecule has 0 radical (unpaired) electrons. The second-order valence-corrected chi connectivity index (χ2v) is 8.17. The van der Waals surface area contributed by atoms with Crippen LogP contribution in [-0.4, -0.2) is 47.1 Å². The molecule has 0 saturated heterocycles. The fraction of sp³-hybridized carbons (Fsp3) is 0.609. The first-order valence-corrected chi connectivity index (χ1v) is 11.2. The number of methoxy groups -OCH3 is 1. The van der Waals surface area contributed by atoms with Crippen LogP contribution in [0.5, 0.6) is 5.75 Å². The Hall–Kier alpha value is -2.61. The summed E-state index contributed by atoms with van der Waals surface area (Å²) in [6.45, 7) is 6.20. The van der Waals surface area contributed by atoms with Crippen LogP contribution in [0.4, 0.5) is 0 Å². The van der Waals surface area contributed by atoms with Gasteiger partial charge in [0.25, 0.3) is 0 Å². The molecule has 1 aliphatic carbocycles. The van der Waals surface area contributed by atoms with Gasteiger partial charge in [0, 0.05) is 25.8 Å². The Balaban J connectivity index is 1.72. The van der Waals surface area contributed by atoms with Gasteiger partial charge in [-0.3, -0.25) is 0 Å². The number of benzene rings is 1. The number of aliphatic imine (C=N–C) groups is 1. The zero-order valence-electron chi connectivity index (χ0n) is 19.3. The summed E-state index contributed by atoms with van der Waals surface area (Å²) >= 11 is 0. The number of rotatable bonds is 9. The summed E-state index contributed by atoms with van der Waals surface area (Å²) in [5.74, 6) is 3.44. The number of nitrogens with one attached hydrogen (secondary N) is 2. The molecular formula is C23H36N6O2. The van der Waals surface area contributed by atoms with Crippen molar-refractivity contribution in [2.24, 2.45) is 12.0 Å². The van der Waals surface area contributed by atoms with Crippen molar-refractivity contribution in [2.75, 3.05) is 20.3 Å². The van der Waals surface area contributed by atoms with Gasteiger partial charge in [-0.15, -0.1) is 10.2 Å². The van der Waals surface area contributed by atoms with Gasteiger partial charge < -0.3 is 24.7 Å². The van der Waals surface area contributed by atoms with Crippen molar-refractivity contribution in [2.45, 2.75) is 65.1 Å². The molecule has 3 rings (SSSR count). The first-order chi connectivity index (χ1) is 15.1. The topological polar surface area (TPSA) is 85.6 Å². The van der Waals surface area contributed by atoms with Crippen molar-refractivity contribution < 1.29 is 9.47 Å². The van der Waals surface area contributed by atoms with E-state index in [-0.39, 0.29) is 0 Å². The van der Waals surface area contributed by atoms with Crippen molar-refractivity contribution in [3.05, 3.63) is 41.0 Å². The third-order valence-electron chi connectivity index (χ3n) is 5.72. The molecule has 8 heteroatoms. The van der Waals surface area contributed by atoms with E-state index in [2.05, 4.69) is 46.0 Å². The van der Waals surface area contributed by atoms with E-state index < -0.39 is 0 Å². The third-order valence-corrected chi connectivity index (χ3v) is 5.72. The molecule has 0 bridgehead atoms. The molecule has 31 heavy (non-hydrogen) atoms. The predicted octanol–water partition coefficient (Wildman–Crippen LogP) is 3.03. The summed E-state index contributed by atoms with van der Waals surface area (Å²) in [6, 6.07) is 6.70. The lowest BCUT2D eigenvalue weighted by molar-refractivity contribution is 0.145. The van der Waals surface area contributed by atoms with E-state index in [0.29, 0.717) is 32.3 Å². The highest BCUT2D eigenvalue weighted by molar-refractivity contribution is 5.80. The lowest BCUT2D eigenvalue weighted by Gasteiger charge is -2.25. The van der Waals surface area contributed by atoms with Gasteiger partial charge in [-0.05, 0) is 38.3 Å². The Morgan fingerprint density at radius 2 is 1.97 bits per heavy atom. The first kappa shape index (κ1) is 23.1. The molecule has 0 unspecified atom stereocenters. The first-order valence-electron chi connectivity index (χ1n) is 11.2. The normalized spacial score (nSPS) is 15.2. The molecular weight excluding hydrogens is 392 g/mol. The maximum absolute atomic E-state index is 5.93. The van der Waals surface area contributed by atoms with Crippen LogP contribution in [0.1, 0.15) is 54.9 Å². The minimum absolute atomic E-state index is 0.455. The highest BCUT2D eigenvalue weighted by Crippen LogP contribution is 2.22. The Kier molecular flexibility index (Phi) is 8.70. The summed E-state index contributed by atoms with van der Waals surface area (Å²) in [5, 5.41) is 15.5. The average molecular weight is 429 g/mol. The van der Waals surface area contributed by atoms with Gasteiger partial charge in [0.2, 0.25) is 0 Å². The standard InChI is InChI=1S/C23H36N6O2/c1-17-10-11-19(21(14-17)31-13-12-30-4)15-24-23(26-20-8-6-5-7-9-20)25-16-22-28-27-18(2)29(22)3/h10-11,14,20H,5-9,12-13,15-16H2,1-4H3,(H2,24,25,26). The van der Waals surface area contributed by atoms with Gasteiger partial charge >= 0.3 is 0 Å². The maximum Gasteiger partial charge on any atom is 0.192 e. The minimum Gasteiger partial charge on any atom is -0.491 e. The molecule has 0 atom stereocenters. The Morgan fingerprint density at radius 3 is 2.68 bits per heavy atom. The van der Waals surface area contributed by atoms with E-state index in [4.69, 9.17) is 14.5 Å². The smallest absolute Gasteiger partial charge is 0.192 e. The molecule has 2 N–H and O–H groups in total. The Morgan fingerprint density at radius 1 is 1.16 bits per heavy atom. The zero-order chi connectivity index (χ0) is 22.1. The van der Waals surface area contributed by atoms with Crippen molar-refractivity contribution in [3.63, 3.8) is 0 Å². The largest absolute Gasteiger partial charge is 0.491 e. The SMILES string of the molecule is COCCOc1cc(C)ccc1CN=C(NCc1nnc(C)n1C)NC1CCCCC1. The average Bonchev–Trinajstić information content (AvgIpc) is 3.09. The molecule has 8 nitrogen and oxygen atoms in total. The van der Waals surface area contributed by atoms with Crippen LogP contribution >= 0.6 is 0 Å². The monoisotopic (exact) mass is 428 g/mol. The van der Waals surface area contributed by atoms with Gasteiger partial charge in [-0.2, -0.15) is 0 Å². The van der Waals surface area contributed by atoms with E-state index in [1.54, 1.807) is 7.11 Å². The summed E-state index contributed by atoms with van der Waals surface area (Å²) in [7, 11) is 3.66. The molecule has 170 valence electrons. The van der Waals surface area contributed by atoms with Crippen molar-refractivity contribution in [1.29, 1.82) is 0 Å². The van der Waals surface area contributed by atoms with Crippen molar-refractivity contribution >= 4 is 5.96 Å². The van der Waals surface area contributed by atoms with Gasteiger partial charge in [-0.25, -0.2) is 4.99 Å². The molecule has 1 aromatic heterocycles. The Labute approximate surface area is 185 Å². The summed E-state index contributed by atoms with van der Waals surface area (Å²) in [5.41, 5.74) is 2.22. The van der Waals surface area contributed by atoms with E-state index in [0.717, 1.165) is 34.5 Å². The quantitative estimate of drug-likeness (QED) is 0.363. The lowest BCUT2D eigenvalue weighted by Crippen LogP contribution is -2.44. The van der Waals surface area contributed by atoms with Gasteiger partial charge in [-0.1, -0.05) is 31.4 Å².